The zero-order valence-corrected chi connectivity index (χ0v) is 17.9. The molecular weight excluding hydrogens is 440 g/mol. The van der Waals surface area contributed by atoms with Crippen molar-refractivity contribution in [2.75, 3.05) is 12.4 Å². The molecule has 11 heteroatoms. The van der Waals surface area contributed by atoms with E-state index in [9.17, 15) is 9.59 Å². The number of amides is 1. The SMILES string of the molecule is COc1cnc(Cl)cc1-c1cc(-n2ccc(C)cc2=O)ncc1C(=O)Nc1nncs1. The molecule has 0 atom stereocenters. The van der Waals surface area contributed by atoms with Crippen molar-refractivity contribution in [1.82, 2.24) is 24.7 Å². The number of methoxy groups -OCH3 is 1. The third-order valence-corrected chi connectivity index (χ3v) is 5.19. The van der Waals surface area contributed by atoms with Crippen LogP contribution in [-0.2, 0) is 0 Å². The van der Waals surface area contributed by atoms with E-state index >= 15 is 0 Å². The van der Waals surface area contributed by atoms with Crippen LogP contribution >= 0.6 is 22.9 Å². The third kappa shape index (κ3) is 4.30. The van der Waals surface area contributed by atoms with E-state index in [1.165, 1.54) is 47.0 Å². The predicted molar refractivity (Wildman–Crippen MR) is 117 cm³/mol. The molecule has 0 fully saturated rings. The molecule has 0 unspecified atom stereocenters. The number of hydrogen-bond donors (Lipinski definition) is 1. The molecule has 1 N–H and O–H groups in total. The highest BCUT2D eigenvalue weighted by atomic mass is 35.5. The third-order valence-electron chi connectivity index (χ3n) is 4.38. The summed E-state index contributed by atoms with van der Waals surface area (Å²) in [5.41, 5.74) is 3.31. The summed E-state index contributed by atoms with van der Waals surface area (Å²) in [6.45, 7) is 1.83. The molecule has 0 saturated heterocycles. The van der Waals surface area contributed by atoms with E-state index in [1.807, 2.05) is 6.92 Å². The van der Waals surface area contributed by atoms with Gasteiger partial charge in [0.2, 0.25) is 5.13 Å². The number of carbonyl (C=O) groups excluding carboxylic acids is 1. The van der Waals surface area contributed by atoms with Gasteiger partial charge in [-0.3, -0.25) is 19.5 Å². The summed E-state index contributed by atoms with van der Waals surface area (Å²) in [4.78, 5) is 33.8. The van der Waals surface area contributed by atoms with Crippen LogP contribution < -0.4 is 15.6 Å². The minimum absolute atomic E-state index is 0.220. The first-order chi connectivity index (χ1) is 15.0. The zero-order valence-electron chi connectivity index (χ0n) is 16.4. The number of halogens is 1. The number of nitrogens with one attached hydrogen (secondary N) is 1. The van der Waals surface area contributed by atoms with Gasteiger partial charge in [0.25, 0.3) is 11.5 Å². The lowest BCUT2D eigenvalue weighted by atomic mass is 10.0. The van der Waals surface area contributed by atoms with Crippen LogP contribution in [0, 0.1) is 6.92 Å². The van der Waals surface area contributed by atoms with E-state index in [4.69, 9.17) is 16.3 Å². The average molecular weight is 455 g/mol. The molecule has 4 rings (SSSR count). The van der Waals surface area contributed by atoms with Crippen molar-refractivity contribution in [3.05, 3.63) is 75.0 Å². The van der Waals surface area contributed by atoms with Crippen LogP contribution in [0.4, 0.5) is 5.13 Å². The molecule has 0 saturated carbocycles. The average Bonchev–Trinajstić information content (AvgIpc) is 3.26. The zero-order chi connectivity index (χ0) is 22.0. The number of aryl methyl sites for hydroxylation is 1. The normalized spacial score (nSPS) is 10.7. The van der Waals surface area contributed by atoms with Crippen LogP contribution in [0.5, 0.6) is 5.75 Å². The van der Waals surface area contributed by atoms with E-state index in [0.29, 0.717) is 27.8 Å². The molecule has 0 aliphatic carbocycles. The van der Waals surface area contributed by atoms with E-state index in [0.717, 1.165) is 5.56 Å². The van der Waals surface area contributed by atoms with E-state index < -0.39 is 5.91 Å². The first kappa shape index (κ1) is 20.6. The van der Waals surface area contributed by atoms with Gasteiger partial charge in [-0.05, 0) is 30.7 Å². The molecule has 9 nitrogen and oxygen atoms in total. The number of hydrogen-bond acceptors (Lipinski definition) is 8. The van der Waals surface area contributed by atoms with Crippen molar-refractivity contribution in [2.45, 2.75) is 6.92 Å². The summed E-state index contributed by atoms with van der Waals surface area (Å²) in [5, 5.41) is 10.8. The Morgan fingerprint density at radius 1 is 1.19 bits per heavy atom. The lowest BCUT2D eigenvalue weighted by Crippen LogP contribution is -2.19. The Balaban J connectivity index is 1.90. The fourth-order valence-corrected chi connectivity index (χ4v) is 3.53. The first-order valence-electron chi connectivity index (χ1n) is 8.93. The molecule has 1 amide bonds. The molecular formula is C20H15ClN6O3S. The second-order valence-corrected chi connectivity index (χ2v) is 7.63. The van der Waals surface area contributed by atoms with E-state index in [2.05, 4.69) is 25.5 Å². The molecule has 0 aromatic carbocycles. The summed E-state index contributed by atoms with van der Waals surface area (Å²) < 4.78 is 6.81. The highest BCUT2D eigenvalue weighted by Gasteiger charge is 2.20. The van der Waals surface area contributed by atoms with Gasteiger partial charge < -0.3 is 4.74 Å². The standard InChI is InChI=1S/C20H15ClN6O3S/c1-11-3-4-27(18(28)5-11)17-7-12(13-6-16(21)22-9-15(13)30-2)14(8-23-17)19(29)25-20-26-24-10-31-20/h3-10H,1-2H3,(H,25,26,29). The number of pyridine rings is 3. The molecule has 0 radical (unpaired) electrons. The largest absolute Gasteiger partial charge is 0.494 e. The number of rotatable bonds is 5. The van der Waals surface area contributed by atoms with Gasteiger partial charge in [-0.2, -0.15) is 0 Å². The Kier molecular flexibility index (Phi) is 5.74. The fourth-order valence-electron chi connectivity index (χ4n) is 2.93. The van der Waals surface area contributed by atoms with Crippen LogP contribution in [0.15, 0.2) is 53.2 Å². The highest BCUT2D eigenvalue weighted by molar-refractivity contribution is 7.13. The number of aromatic nitrogens is 5. The fraction of sp³-hybridized carbons (Fsp3) is 0.100. The highest BCUT2D eigenvalue weighted by Crippen LogP contribution is 2.34. The summed E-state index contributed by atoms with van der Waals surface area (Å²) >= 11 is 7.30. The van der Waals surface area contributed by atoms with Gasteiger partial charge in [-0.1, -0.05) is 22.9 Å². The number of anilines is 1. The Morgan fingerprint density at radius 3 is 2.74 bits per heavy atom. The molecule has 0 spiro atoms. The van der Waals surface area contributed by atoms with Gasteiger partial charge in [0, 0.05) is 29.6 Å². The number of ether oxygens (including phenoxy) is 1. The molecule has 0 aliphatic heterocycles. The molecule has 0 aliphatic rings. The van der Waals surface area contributed by atoms with Crippen molar-refractivity contribution >= 4 is 34.0 Å². The Morgan fingerprint density at radius 2 is 2.03 bits per heavy atom. The molecule has 31 heavy (non-hydrogen) atoms. The van der Waals surface area contributed by atoms with Gasteiger partial charge in [-0.15, -0.1) is 10.2 Å². The van der Waals surface area contributed by atoms with Crippen molar-refractivity contribution in [1.29, 1.82) is 0 Å². The van der Waals surface area contributed by atoms with Crippen molar-refractivity contribution in [3.63, 3.8) is 0 Å². The quantitative estimate of drug-likeness (QED) is 0.460. The number of nitrogens with zero attached hydrogens (tertiary/aromatic N) is 5. The lowest BCUT2D eigenvalue weighted by Gasteiger charge is -2.14. The maximum absolute atomic E-state index is 13.0. The maximum atomic E-state index is 13.0. The summed E-state index contributed by atoms with van der Waals surface area (Å²) in [7, 11) is 1.49. The van der Waals surface area contributed by atoms with Gasteiger partial charge in [0.1, 0.15) is 22.2 Å². The minimum atomic E-state index is -0.447. The van der Waals surface area contributed by atoms with Crippen LogP contribution in [0.2, 0.25) is 5.15 Å². The maximum Gasteiger partial charge on any atom is 0.259 e. The first-order valence-corrected chi connectivity index (χ1v) is 10.2. The minimum Gasteiger partial charge on any atom is -0.494 e. The topological polar surface area (TPSA) is 112 Å². The van der Waals surface area contributed by atoms with Crippen molar-refractivity contribution < 1.29 is 9.53 Å². The Labute approximate surface area is 185 Å². The predicted octanol–water partition coefficient (Wildman–Crippen LogP) is 3.37. The molecule has 0 bridgehead atoms. The van der Waals surface area contributed by atoms with Crippen LogP contribution in [0.25, 0.3) is 16.9 Å². The number of carbonyl (C=O) groups is 1. The summed E-state index contributed by atoms with van der Waals surface area (Å²) in [5.74, 6) is 0.294. The summed E-state index contributed by atoms with van der Waals surface area (Å²) in [6, 6.07) is 6.50. The van der Waals surface area contributed by atoms with Crippen molar-refractivity contribution in [2.24, 2.45) is 0 Å². The second kappa shape index (κ2) is 8.62. The molecule has 4 heterocycles. The smallest absolute Gasteiger partial charge is 0.259 e. The van der Waals surface area contributed by atoms with Gasteiger partial charge >= 0.3 is 0 Å². The Hall–Kier alpha value is -3.63. The van der Waals surface area contributed by atoms with Gasteiger partial charge in [0.15, 0.2) is 0 Å². The molecule has 4 aromatic rings. The van der Waals surface area contributed by atoms with Gasteiger partial charge in [-0.25, -0.2) is 9.97 Å². The van der Waals surface area contributed by atoms with E-state index in [-0.39, 0.29) is 16.3 Å². The van der Waals surface area contributed by atoms with Crippen LogP contribution in [0.3, 0.4) is 0 Å². The van der Waals surface area contributed by atoms with Crippen LogP contribution in [0.1, 0.15) is 15.9 Å². The van der Waals surface area contributed by atoms with Crippen LogP contribution in [-0.4, -0.2) is 37.7 Å². The summed E-state index contributed by atoms with van der Waals surface area (Å²) in [6.07, 6.45) is 4.48. The monoisotopic (exact) mass is 454 g/mol. The van der Waals surface area contributed by atoms with Crippen molar-refractivity contribution in [3.8, 4) is 22.7 Å². The van der Waals surface area contributed by atoms with E-state index in [1.54, 1.807) is 24.4 Å². The molecule has 156 valence electrons. The Bertz CT molecular complexity index is 1320. The molecule has 4 aromatic heterocycles. The second-order valence-electron chi connectivity index (χ2n) is 6.41. The lowest BCUT2D eigenvalue weighted by molar-refractivity contribution is 0.102. The van der Waals surface area contributed by atoms with Gasteiger partial charge in [0.05, 0.1) is 18.9 Å².